The van der Waals surface area contributed by atoms with Gasteiger partial charge in [0.25, 0.3) is 0 Å². The lowest BCUT2D eigenvalue weighted by Crippen LogP contribution is -2.44. The number of hydrogen-bond donors (Lipinski definition) is 1. The van der Waals surface area contributed by atoms with E-state index in [1.807, 2.05) is 0 Å². The van der Waals surface area contributed by atoms with Crippen molar-refractivity contribution < 1.29 is 5.11 Å². The van der Waals surface area contributed by atoms with E-state index in [9.17, 15) is 5.11 Å². The number of aliphatic hydroxyl groups is 1. The Morgan fingerprint density at radius 1 is 1.35 bits per heavy atom. The molecule has 2 aliphatic rings. The highest BCUT2D eigenvalue weighted by atomic mass is 79.9. The number of rotatable bonds is 0. The topological polar surface area (TPSA) is 20.2 Å². The molecule has 2 heteroatoms. The first-order valence-corrected chi connectivity index (χ1v) is 7.47. The molecular formula is C15H23BrO. The summed E-state index contributed by atoms with van der Waals surface area (Å²) in [7, 11) is 0. The Hall–Kier alpha value is -0.0800. The highest BCUT2D eigenvalue weighted by molar-refractivity contribution is 9.09. The van der Waals surface area contributed by atoms with E-state index in [1.165, 1.54) is 16.7 Å². The lowest BCUT2D eigenvalue weighted by molar-refractivity contribution is 0.119. The van der Waals surface area contributed by atoms with Crippen molar-refractivity contribution in [3.63, 3.8) is 0 Å². The van der Waals surface area contributed by atoms with Crippen LogP contribution in [0, 0.1) is 11.3 Å². The zero-order valence-corrected chi connectivity index (χ0v) is 12.8. The number of alkyl halides is 1. The second-order valence-electron chi connectivity index (χ2n) is 6.01. The van der Waals surface area contributed by atoms with Crippen LogP contribution in [-0.4, -0.2) is 16.0 Å². The maximum atomic E-state index is 10.3. The molecule has 0 radical (unpaired) electrons. The Kier molecular flexibility index (Phi) is 3.57. The third-order valence-corrected chi connectivity index (χ3v) is 6.33. The van der Waals surface area contributed by atoms with Crippen LogP contribution >= 0.6 is 15.9 Å². The number of aliphatic hydroxyl groups excluding tert-OH is 1. The van der Waals surface area contributed by atoms with Crippen molar-refractivity contribution >= 4 is 15.9 Å². The minimum Gasteiger partial charge on any atom is -0.388 e. The Morgan fingerprint density at radius 3 is 2.65 bits per heavy atom. The van der Waals surface area contributed by atoms with Gasteiger partial charge in [-0.1, -0.05) is 47.0 Å². The van der Waals surface area contributed by atoms with Gasteiger partial charge in [0.2, 0.25) is 0 Å². The summed E-state index contributed by atoms with van der Waals surface area (Å²) in [6.07, 6.45) is 5.46. The van der Waals surface area contributed by atoms with Gasteiger partial charge in [0, 0.05) is 4.83 Å². The van der Waals surface area contributed by atoms with Gasteiger partial charge in [-0.15, -0.1) is 0 Å². The van der Waals surface area contributed by atoms with Gasteiger partial charge in [0.05, 0.1) is 6.10 Å². The minimum atomic E-state index is -0.313. The van der Waals surface area contributed by atoms with Crippen LogP contribution in [0.15, 0.2) is 22.8 Å². The summed E-state index contributed by atoms with van der Waals surface area (Å²) in [6, 6.07) is 0. The number of fused-ring (bicyclic) bond motifs is 1. The fourth-order valence-corrected chi connectivity index (χ4v) is 4.35. The van der Waals surface area contributed by atoms with Crippen molar-refractivity contribution in [3.05, 3.63) is 22.8 Å². The molecule has 2 aliphatic carbocycles. The van der Waals surface area contributed by atoms with E-state index in [-0.39, 0.29) is 16.3 Å². The molecular weight excluding hydrogens is 276 g/mol. The molecule has 0 aliphatic heterocycles. The van der Waals surface area contributed by atoms with Gasteiger partial charge in [-0.25, -0.2) is 0 Å². The average Bonchev–Trinajstić information content (AvgIpc) is 2.46. The van der Waals surface area contributed by atoms with E-state index in [4.69, 9.17) is 0 Å². The third-order valence-electron chi connectivity index (χ3n) is 5.04. The van der Waals surface area contributed by atoms with Crippen LogP contribution < -0.4 is 0 Å². The maximum absolute atomic E-state index is 10.3. The number of halogens is 1. The Balaban J connectivity index is 2.50. The van der Waals surface area contributed by atoms with Crippen LogP contribution in [0.25, 0.3) is 0 Å². The van der Waals surface area contributed by atoms with Crippen molar-refractivity contribution in [1.82, 2.24) is 0 Å². The molecule has 0 amide bonds. The lowest BCUT2D eigenvalue weighted by Gasteiger charge is -2.46. The fourth-order valence-electron chi connectivity index (χ4n) is 3.37. The zero-order valence-electron chi connectivity index (χ0n) is 11.3. The number of hydrogen-bond acceptors (Lipinski definition) is 1. The molecule has 0 saturated heterocycles. The molecule has 96 valence electrons. The zero-order chi connectivity index (χ0) is 12.8. The summed E-state index contributed by atoms with van der Waals surface area (Å²) in [6.45, 7) is 8.97. The van der Waals surface area contributed by atoms with Gasteiger partial charge in [0.15, 0.2) is 0 Å². The van der Waals surface area contributed by atoms with E-state index < -0.39 is 0 Å². The quantitative estimate of drug-likeness (QED) is 0.524. The monoisotopic (exact) mass is 298 g/mol. The molecule has 17 heavy (non-hydrogen) atoms. The first kappa shape index (κ1) is 13.4. The van der Waals surface area contributed by atoms with Crippen LogP contribution in [-0.2, 0) is 0 Å². The Labute approximate surface area is 113 Å². The molecule has 0 fully saturated rings. The molecule has 0 saturated carbocycles. The summed E-state index contributed by atoms with van der Waals surface area (Å²) in [5.74, 6) is 0.471. The van der Waals surface area contributed by atoms with E-state index in [2.05, 4.69) is 49.7 Å². The Morgan fingerprint density at radius 2 is 2.00 bits per heavy atom. The minimum absolute atomic E-state index is 0.183. The van der Waals surface area contributed by atoms with Gasteiger partial charge < -0.3 is 5.11 Å². The highest BCUT2D eigenvalue weighted by Crippen LogP contribution is 2.52. The molecule has 2 rings (SSSR count). The lowest BCUT2D eigenvalue weighted by atomic mass is 9.62. The highest BCUT2D eigenvalue weighted by Gasteiger charge is 2.46. The molecule has 4 unspecified atom stereocenters. The van der Waals surface area contributed by atoms with Crippen LogP contribution in [0.5, 0.6) is 0 Å². The molecule has 1 N–H and O–H groups in total. The smallest absolute Gasteiger partial charge is 0.0878 e. The van der Waals surface area contributed by atoms with Crippen LogP contribution in [0.1, 0.15) is 47.0 Å². The van der Waals surface area contributed by atoms with E-state index >= 15 is 0 Å². The van der Waals surface area contributed by atoms with Gasteiger partial charge in [-0.3, -0.25) is 0 Å². The molecule has 0 spiro atoms. The molecule has 1 nitrogen and oxygen atoms in total. The molecule has 0 aromatic carbocycles. The summed E-state index contributed by atoms with van der Waals surface area (Å²) in [5, 5.41) is 10.3. The summed E-state index contributed by atoms with van der Waals surface area (Å²) >= 11 is 3.69. The normalized spacial score (nSPS) is 42.9. The molecule has 4 atom stereocenters. The Bertz CT molecular complexity index is 382. The van der Waals surface area contributed by atoms with E-state index in [1.54, 1.807) is 0 Å². The predicted octanol–water partition coefficient (Wildman–Crippen LogP) is 4.21. The predicted molar refractivity (Wildman–Crippen MR) is 76.3 cm³/mol. The maximum Gasteiger partial charge on any atom is 0.0878 e. The average molecular weight is 299 g/mol. The molecule has 0 heterocycles. The summed E-state index contributed by atoms with van der Waals surface area (Å²) in [4.78, 5) is 0.183. The molecule has 0 aromatic heterocycles. The second kappa shape index (κ2) is 4.55. The first-order chi connectivity index (χ1) is 7.88. The first-order valence-electron chi connectivity index (χ1n) is 6.56. The van der Waals surface area contributed by atoms with Crippen molar-refractivity contribution in [2.45, 2.75) is 57.9 Å². The van der Waals surface area contributed by atoms with Crippen LogP contribution in [0.2, 0.25) is 0 Å². The summed E-state index contributed by atoms with van der Waals surface area (Å²) in [5.41, 5.74) is 4.42. The van der Waals surface area contributed by atoms with Gasteiger partial charge >= 0.3 is 0 Å². The molecule has 0 bridgehead atoms. The summed E-state index contributed by atoms with van der Waals surface area (Å²) < 4.78 is 0. The fraction of sp³-hybridized carbons (Fsp3) is 0.733. The van der Waals surface area contributed by atoms with Crippen LogP contribution in [0.3, 0.4) is 0 Å². The molecule has 0 aromatic rings. The van der Waals surface area contributed by atoms with E-state index in [0.717, 1.165) is 19.3 Å². The standard InChI is InChI=1S/C15H23BrO/c1-9-5-6-12-10(2)14(17)13(16)11(3)15(12,4)8-7-9/h7,11,13-14,17H,5-6,8H2,1-4H3. The number of allylic oxidation sites excluding steroid dienone is 3. The SMILES string of the molecule is CC1=CCC2(C)C(=C(C)C(O)C(Br)C2C)CC1. The van der Waals surface area contributed by atoms with Crippen molar-refractivity contribution in [2.24, 2.45) is 11.3 Å². The van der Waals surface area contributed by atoms with Gasteiger partial charge in [-0.05, 0) is 50.0 Å². The third kappa shape index (κ3) is 2.04. The van der Waals surface area contributed by atoms with Gasteiger partial charge in [0.1, 0.15) is 0 Å². The van der Waals surface area contributed by atoms with Crippen LogP contribution in [0.4, 0.5) is 0 Å². The van der Waals surface area contributed by atoms with Gasteiger partial charge in [-0.2, -0.15) is 0 Å². The largest absolute Gasteiger partial charge is 0.388 e. The van der Waals surface area contributed by atoms with E-state index in [0.29, 0.717) is 5.92 Å². The van der Waals surface area contributed by atoms with Crippen molar-refractivity contribution in [1.29, 1.82) is 0 Å². The van der Waals surface area contributed by atoms with Crippen molar-refractivity contribution in [2.75, 3.05) is 0 Å². The van der Waals surface area contributed by atoms with Crippen molar-refractivity contribution in [3.8, 4) is 0 Å². The second-order valence-corrected chi connectivity index (χ2v) is 7.07.